The number of hydrogen-bond acceptors (Lipinski definition) is 4. The van der Waals surface area contributed by atoms with Crippen LogP contribution in [0.4, 0.5) is 0 Å². The molecule has 132 valence electrons. The highest BCUT2D eigenvalue weighted by Crippen LogP contribution is 2.44. The summed E-state index contributed by atoms with van der Waals surface area (Å²) in [5.41, 5.74) is 0.286. The molecule has 0 aliphatic carbocycles. The van der Waals surface area contributed by atoms with Crippen molar-refractivity contribution in [3.63, 3.8) is 0 Å². The Bertz CT molecular complexity index is 980. The fourth-order valence-corrected chi connectivity index (χ4v) is 2.63. The van der Waals surface area contributed by atoms with Crippen LogP contribution < -0.4 is 14.2 Å². The second-order valence-corrected chi connectivity index (χ2v) is 6.12. The average Bonchev–Trinajstić information content (AvgIpc) is 2.63. The van der Waals surface area contributed by atoms with Gasteiger partial charge in [0.05, 0.1) is 7.11 Å². The summed E-state index contributed by atoms with van der Waals surface area (Å²) in [6, 6.07) is 16.1. The van der Waals surface area contributed by atoms with Gasteiger partial charge in [-0.1, -0.05) is 36.4 Å². The molecule has 5 heteroatoms. The maximum Gasteiger partial charge on any atom is 0.338 e. The van der Waals surface area contributed by atoms with Gasteiger partial charge < -0.3 is 14.2 Å². The number of ether oxygens (including phenoxy) is 3. The number of carbonyl (C=O) groups excluding carboxylic acids is 1. The standard InChI is InChI=1S/C21H17ClO4/c1-13(2)21(23)26-20-16-10-9-14(22)11-17(16)18(24-3)12-19(20)25-15-7-5-4-6-8-15/h4-12H,1H2,2-3H3. The zero-order chi connectivity index (χ0) is 18.7. The third-order valence-electron chi connectivity index (χ3n) is 3.71. The maximum atomic E-state index is 12.1. The first-order valence-corrected chi connectivity index (χ1v) is 8.28. The predicted molar refractivity (Wildman–Crippen MR) is 102 cm³/mol. The first-order valence-electron chi connectivity index (χ1n) is 7.90. The van der Waals surface area contributed by atoms with E-state index >= 15 is 0 Å². The minimum atomic E-state index is -0.538. The Morgan fingerprint density at radius 1 is 1.00 bits per heavy atom. The van der Waals surface area contributed by atoms with Crippen LogP contribution in [0.2, 0.25) is 5.02 Å². The van der Waals surface area contributed by atoms with Crippen LogP contribution >= 0.6 is 11.6 Å². The van der Waals surface area contributed by atoms with Crippen LogP contribution in [0, 0.1) is 0 Å². The molecule has 0 bridgehead atoms. The zero-order valence-corrected chi connectivity index (χ0v) is 15.2. The van der Waals surface area contributed by atoms with Crippen LogP contribution in [-0.4, -0.2) is 13.1 Å². The summed E-state index contributed by atoms with van der Waals surface area (Å²) < 4.78 is 17.0. The molecule has 0 amide bonds. The number of carbonyl (C=O) groups is 1. The largest absolute Gasteiger partial charge is 0.496 e. The number of halogens is 1. The fourth-order valence-electron chi connectivity index (χ4n) is 2.46. The molecule has 0 heterocycles. The number of para-hydroxylation sites is 1. The highest BCUT2D eigenvalue weighted by atomic mass is 35.5. The van der Waals surface area contributed by atoms with Crippen molar-refractivity contribution in [2.45, 2.75) is 6.92 Å². The molecule has 0 N–H and O–H groups in total. The topological polar surface area (TPSA) is 44.8 Å². The van der Waals surface area contributed by atoms with Crippen LogP contribution in [0.15, 0.2) is 66.7 Å². The highest BCUT2D eigenvalue weighted by Gasteiger charge is 2.19. The minimum absolute atomic E-state index is 0.286. The summed E-state index contributed by atoms with van der Waals surface area (Å²) in [5, 5.41) is 1.91. The molecule has 0 aliphatic rings. The smallest absolute Gasteiger partial charge is 0.338 e. The van der Waals surface area contributed by atoms with Gasteiger partial charge in [-0.05, 0) is 37.3 Å². The Morgan fingerprint density at radius 3 is 2.38 bits per heavy atom. The summed E-state index contributed by atoms with van der Waals surface area (Å²) in [7, 11) is 1.56. The second kappa shape index (κ2) is 7.50. The molecule has 0 aromatic heterocycles. The van der Waals surface area contributed by atoms with Gasteiger partial charge >= 0.3 is 5.97 Å². The molecule has 0 saturated heterocycles. The lowest BCUT2D eigenvalue weighted by molar-refractivity contribution is -0.130. The van der Waals surface area contributed by atoms with E-state index in [1.165, 1.54) is 0 Å². The van der Waals surface area contributed by atoms with Crippen molar-refractivity contribution in [3.05, 3.63) is 71.8 Å². The molecular formula is C21H17ClO4. The van der Waals surface area contributed by atoms with Crippen LogP contribution in [0.3, 0.4) is 0 Å². The van der Waals surface area contributed by atoms with Gasteiger partial charge in [0.25, 0.3) is 0 Å². The van der Waals surface area contributed by atoms with Crippen LogP contribution in [0.1, 0.15) is 6.92 Å². The molecule has 3 rings (SSSR count). The van der Waals surface area contributed by atoms with Gasteiger partial charge in [0.15, 0.2) is 11.5 Å². The fraction of sp³-hybridized carbons (Fsp3) is 0.0952. The monoisotopic (exact) mass is 368 g/mol. The predicted octanol–water partition coefficient (Wildman–Crippen LogP) is 5.78. The van der Waals surface area contributed by atoms with Gasteiger partial charge in [-0.3, -0.25) is 0 Å². The number of hydrogen-bond donors (Lipinski definition) is 0. The number of rotatable bonds is 5. The molecule has 0 aliphatic heterocycles. The lowest BCUT2D eigenvalue weighted by Gasteiger charge is -2.16. The van der Waals surface area contributed by atoms with Crippen molar-refractivity contribution in [1.82, 2.24) is 0 Å². The molecule has 4 nitrogen and oxygen atoms in total. The lowest BCUT2D eigenvalue weighted by Crippen LogP contribution is -2.09. The minimum Gasteiger partial charge on any atom is -0.496 e. The van der Waals surface area contributed by atoms with Crippen molar-refractivity contribution < 1.29 is 19.0 Å². The second-order valence-electron chi connectivity index (χ2n) is 5.68. The molecule has 26 heavy (non-hydrogen) atoms. The molecular weight excluding hydrogens is 352 g/mol. The lowest BCUT2D eigenvalue weighted by atomic mass is 10.1. The summed E-state index contributed by atoms with van der Waals surface area (Å²) >= 11 is 6.12. The first kappa shape index (κ1) is 17.8. The van der Waals surface area contributed by atoms with E-state index in [2.05, 4.69) is 6.58 Å². The molecule has 3 aromatic rings. The Morgan fingerprint density at radius 2 is 1.73 bits per heavy atom. The Balaban J connectivity index is 2.21. The molecule has 0 radical (unpaired) electrons. The van der Waals surface area contributed by atoms with E-state index in [9.17, 15) is 4.79 Å². The molecule has 3 aromatic carbocycles. The van der Waals surface area contributed by atoms with Gasteiger partial charge in [-0.2, -0.15) is 0 Å². The molecule has 0 unspecified atom stereocenters. The van der Waals surface area contributed by atoms with Gasteiger partial charge in [0, 0.05) is 27.4 Å². The third kappa shape index (κ3) is 3.65. The van der Waals surface area contributed by atoms with E-state index in [4.69, 9.17) is 25.8 Å². The van der Waals surface area contributed by atoms with Crippen molar-refractivity contribution in [2.24, 2.45) is 0 Å². The molecule has 0 fully saturated rings. The van der Waals surface area contributed by atoms with E-state index in [1.54, 1.807) is 38.3 Å². The third-order valence-corrected chi connectivity index (χ3v) is 3.95. The van der Waals surface area contributed by atoms with Gasteiger partial charge in [0.2, 0.25) is 0 Å². The summed E-state index contributed by atoms with van der Waals surface area (Å²) in [4.78, 5) is 12.1. The summed E-state index contributed by atoms with van der Waals surface area (Å²) in [6.07, 6.45) is 0. The van der Waals surface area contributed by atoms with Crippen molar-refractivity contribution in [3.8, 4) is 23.0 Å². The van der Waals surface area contributed by atoms with E-state index in [0.717, 1.165) is 0 Å². The number of esters is 1. The van der Waals surface area contributed by atoms with E-state index < -0.39 is 5.97 Å². The van der Waals surface area contributed by atoms with Crippen molar-refractivity contribution in [2.75, 3.05) is 7.11 Å². The van der Waals surface area contributed by atoms with Crippen molar-refractivity contribution in [1.29, 1.82) is 0 Å². The van der Waals surface area contributed by atoms with Crippen molar-refractivity contribution >= 4 is 28.3 Å². The first-order chi connectivity index (χ1) is 12.5. The Hall–Kier alpha value is -2.98. The number of methoxy groups -OCH3 is 1. The Labute approximate surface area is 156 Å². The number of benzene rings is 3. The van der Waals surface area contributed by atoms with Gasteiger partial charge in [-0.15, -0.1) is 0 Å². The average molecular weight is 369 g/mol. The highest BCUT2D eigenvalue weighted by molar-refractivity contribution is 6.31. The van der Waals surface area contributed by atoms with Crippen LogP contribution in [0.5, 0.6) is 23.0 Å². The van der Waals surface area contributed by atoms with Crippen LogP contribution in [-0.2, 0) is 4.79 Å². The van der Waals surface area contributed by atoms with E-state index in [-0.39, 0.29) is 11.3 Å². The van der Waals surface area contributed by atoms with Gasteiger partial charge in [-0.25, -0.2) is 4.79 Å². The number of fused-ring (bicyclic) bond motifs is 1. The van der Waals surface area contributed by atoms with E-state index in [0.29, 0.717) is 33.0 Å². The zero-order valence-electron chi connectivity index (χ0n) is 14.4. The molecule has 0 atom stereocenters. The summed E-state index contributed by atoms with van der Waals surface area (Å²) in [5.74, 6) is 1.27. The van der Waals surface area contributed by atoms with Gasteiger partial charge in [0.1, 0.15) is 11.5 Å². The Kier molecular flexibility index (Phi) is 5.14. The molecule has 0 spiro atoms. The van der Waals surface area contributed by atoms with E-state index in [1.807, 2.05) is 30.3 Å². The molecule has 0 saturated carbocycles. The SMILES string of the molecule is C=C(C)C(=O)Oc1c(Oc2ccccc2)cc(OC)c2cc(Cl)ccc12. The summed E-state index contributed by atoms with van der Waals surface area (Å²) in [6.45, 7) is 5.22. The normalized spacial score (nSPS) is 10.4. The maximum absolute atomic E-state index is 12.1. The van der Waals surface area contributed by atoms with Crippen LogP contribution in [0.25, 0.3) is 10.8 Å². The quantitative estimate of drug-likeness (QED) is 0.325.